The van der Waals surface area contributed by atoms with Crippen LogP contribution in [0.3, 0.4) is 0 Å². The van der Waals surface area contributed by atoms with Crippen LogP contribution in [0.25, 0.3) is 0 Å². The topological polar surface area (TPSA) is 9.23 Å². The second kappa shape index (κ2) is 4.66. The van der Waals surface area contributed by atoms with Gasteiger partial charge < -0.3 is 4.74 Å². The van der Waals surface area contributed by atoms with Crippen LogP contribution in [-0.2, 0) is 6.42 Å². The molecule has 2 aliphatic rings. The lowest BCUT2D eigenvalue weighted by Crippen LogP contribution is -2.24. The Balaban J connectivity index is 1.86. The molecule has 1 aliphatic carbocycles. The molecule has 1 nitrogen and oxygen atoms in total. The number of alkyl halides is 1. The molecule has 1 aromatic rings. The van der Waals surface area contributed by atoms with E-state index >= 15 is 0 Å². The molecular weight excluding hydrogens is 268 g/mol. The molecule has 2 heteroatoms. The minimum Gasteiger partial charge on any atom is -0.487 e. The summed E-state index contributed by atoms with van der Waals surface area (Å²) in [7, 11) is 0. The van der Waals surface area contributed by atoms with E-state index in [4.69, 9.17) is 16.3 Å². The summed E-state index contributed by atoms with van der Waals surface area (Å²) in [4.78, 5) is 0. The van der Waals surface area contributed by atoms with Crippen LogP contribution < -0.4 is 4.74 Å². The zero-order valence-electron chi connectivity index (χ0n) is 13.0. The van der Waals surface area contributed by atoms with Crippen molar-refractivity contribution in [3.05, 3.63) is 29.3 Å². The van der Waals surface area contributed by atoms with Crippen LogP contribution in [0.5, 0.6) is 5.75 Å². The van der Waals surface area contributed by atoms with Crippen molar-refractivity contribution in [1.82, 2.24) is 0 Å². The Hall–Kier alpha value is -0.690. The van der Waals surface area contributed by atoms with E-state index in [2.05, 4.69) is 45.9 Å². The van der Waals surface area contributed by atoms with E-state index in [0.29, 0.717) is 11.3 Å². The van der Waals surface area contributed by atoms with E-state index in [0.717, 1.165) is 12.2 Å². The average molecular weight is 293 g/mol. The Morgan fingerprint density at radius 1 is 1.25 bits per heavy atom. The molecule has 2 atom stereocenters. The van der Waals surface area contributed by atoms with Crippen LogP contribution in [0, 0.1) is 11.3 Å². The maximum absolute atomic E-state index is 6.83. The van der Waals surface area contributed by atoms with Crippen molar-refractivity contribution < 1.29 is 4.74 Å². The molecule has 1 heterocycles. The van der Waals surface area contributed by atoms with Gasteiger partial charge in [-0.25, -0.2) is 0 Å². The second-order valence-corrected chi connectivity index (χ2v) is 8.26. The lowest BCUT2D eigenvalue weighted by atomic mass is 9.78. The SMILES string of the molecule is CC1(C)Cc2cc(C(Cl)C3CCCC3(C)C)ccc2O1. The maximum Gasteiger partial charge on any atom is 0.123 e. The van der Waals surface area contributed by atoms with E-state index in [1.807, 2.05) is 0 Å². The summed E-state index contributed by atoms with van der Waals surface area (Å²) in [6, 6.07) is 6.54. The third kappa shape index (κ3) is 2.45. The van der Waals surface area contributed by atoms with Crippen LogP contribution in [-0.4, -0.2) is 5.60 Å². The fraction of sp³-hybridized carbons (Fsp3) is 0.667. The molecule has 1 saturated carbocycles. The summed E-state index contributed by atoms with van der Waals surface area (Å²) in [6.45, 7) is 9.01. The quantitative estimate of drug-likeness (QED) is 0.653. The van der Waals surface area contributed by atoms with Gasteiger partial charge in [-0.1, -0.05) is 32.4 Å². The van der Waals surface area contributed by atoms with Crippen molar-refractivity contribution in [3.63, 3.8) is 0 Å². The monoisotopic (exact) mass is 292 g/mol. The van der Waals surface area contributed by atoms with Crippen molar-refractivity contribution in [3.8, 4) is 5.75 Å². The molecule has 0 spiro atoms. The van der Waals surface area contributed by atoms with Crippen LogP contribution in [0.2, 0.25) is 0 Å². The molecule has 0 aromatic heterocycles. The summed E-state index contributed by atoms with van der Waals surface area (Å²) in [5, 5.41) is 0.126. The molecule has 0 radical (unpaired) electrons. The van der Waals surface area contributed by atoms with Gasteiger partial charge in [-0.15, -0.1) is 11.6 Å². The van der Waals surface area contributed by atoms with Crippen LogP contribution in [0.1, 0.15) is 63.5 Å². The number of benzene rings is 1. The lowest BCUT2D eigenvalue weighted by Gasteiger charge is -2.31. The summed E-state index contributed by atoms with van der Waals surface area (Å²) in [6.07, 6.45) is 4.83. The number of hydrogen-bond donors (Lipinski definition) is 0. The Morgan fingerprint density at radius 2 is 2.00 bits per heavy atom. The lowest BCUT2D eigenvalue weighted by molar-refractivity contribution is 0.138. The third-order valence-electron chi connectivity index (χ3n) is 5.10. The minimum atomic E-state index is -0.0740. The smallest absolute Gasteiger partial charge is 0.123 e. The van der Waals surface area contributed by atoms with Crippen LogP contribution in [0.15, 0.2) is 18.2 Å². The van der Waals surface area contributed by atoms with Crippen LogP contribution >= 0.6 is 11.6 Å². The van der Waals surface area contributed by atoms with E-state index in [1.165, 1.54) is 30.4 Å². The molecule has 0 N–H and O–H groups in total. The predicted molar refractivity (Wildman–Crippen MR) is 84.6 cm³/mol. The predicted octanol–water partition coefficient (Wildman–Crippen LogP) is 5.51. The summed E-state index contributed by atoms with van der Waals surface area (Å²) in [5.41, 5.74) is 2.87. The van der Waals surface area contributed by atoms with Crippen molar-refractivity contribution in [2.24, 2.45) is 11.3 Å². The first-order chi connectivity index (χ1) is 9.28. The highest BCUT2D eigenvalue weighted by Gasteiger charge is 2.40. The Bertz CT molecular complexity index is 518. The third-order valence-corrected chi connectivity index (χ3v) is 5.65. The van der Waals surface area contributed by atoms with Gasteiger partial charge in [0.1, 0.15) is 11.4 Å². The van der Waals surface area contributed by atoms with E-state index in [-0.39, 0.29) is 11.0 Å². The highest BCUT2D eigenvalue weighted by atomic mass is 35.5. The molecule has 2 unspecified atom stereocenters. The first kappa shape index (κ1) is 14.3. The average Bonchev–Trinajstić information content (AvgIpc) is 2.84. The van der Waals surface area contributed by atoms with Gasteiger partial charge in [-0.05, 0) is 55.2 Å². The van der Waals surface area contributed by atoms with Crippen molar-refractivity contribution >= 4 is 11.6 Å². The van der Waals surface area contributed by atoms with E-state index in [1.54, 1.807) is 0 Å². The summed E-state index contributed by atoms with van der Waals surface area (Å²) >= 11 is 6.83. The molecule has 1 fully saturated rings. The van der Waals surface area contributed by atoms with Gasteiger partial charge in [0.2, 0.25) is 0 Å². The fourth-order valence-corrected chi connectivity index (χ4v) is 4.53. The van der Waals surface area contributed by atoms with E-state index < -0.39 is 0 Å². The van der Waals surface area contributed by atoms with Gasteiger partial charge in [0.25, 0.3) is 0 Å². The molecule has 0 amide bonds. The normalized spacial score (nSPS) is 27.9. The first-order valence-electron chi connectivity index (χ1n) is 7.74. The number of halogens is 1. The van der Waals surface area contributed by atoms with Gasteiger partial charge in [-0.3, -0.25) is 0 Å². The largest absolute Gasteiger partial charge is 0.487 e. The standard InChI is InChI=1S/C18H25ClO/c1-17(2)9-5-6-14(17)16(19)12-7-8-15-13(10-12)11-18(3,4)20-15/h7-8,10,14,16H,5-6,9,11H2,1-4H3. The maximum atomic E-state index is 6.83. The van der Waals surface area contributed by atoms with Gasteiger partial charge in [0, 0.05) is 6.42 Å². The Morgan fingerprint density at radius 3 is 2.65 bits per heavy atom. The van der Waals surface area contributed by atoms with Gasteiger partial charge >= 0.3 is 0 Å². The zero-order chi connectivity index (χ0) is 14.5. The number of ether oxygens (including phenoxy) is 1. The van der Waals surface area contributed by atoms with Crippen molar-refractivity contribution in [2.45, 2.75) is 64.4 Å². The molecule has 1 aliphatic heterocycles. The second-order valence-electron chi connectivity index (χ2n) is 7.79. The number of fused-ring (bicyclic) bond motifs is 1. The Labute approximate surface area is 127 Å². The molecule has 20 heavy (non-hydrogen) atoms. The van der Waals surface area contributed by atoms with Crippen LogP contribution in [0.4, 0.5) is 0 Å². The van der Waals surface area contributed by atoms with Crippen molar-refractivity contribution in [1.29, 1.82) is 0 Å². The molecular formula is C18H25ClO. The minimum absolute atomic E-state index is 0.0740. The van der Waals surface area contributed by atoms with Gasteiger partial charge in [0.15, 0.2) is 0 Å². The molecule has 3 rings (SSSR count). The fourth-order valence-electron chi connectivity index (χ4n) is 3.93. The highest BCUT2D eigenvalue weighted by molar-refractivity contribution is 6.21. The highest BCUT2D eigenvalue weighted by Crippen LogP contribution is 2.51. The molecule has 0 bridgehead atoms. The molecule has 1 aromatic carbocycles. The molecule has 110 valence electrons. The number of hydrogen-bond acceptors (Lipinski definition) is 1. The van der Waals surface area contributed by atoms with Gasteiger partial charge in [-0.2, -0.15) is 0 Å². The summed E-state index contributed by atoms with van der Waals surface area (Å²) < 4.78 is 5.95. The van der Waals surface area contributed by atoms with Gasteiger partial charge in [0.05, 0.1) is 5.38 Å². The zero-order valence-corrected chi connectivity index (χ0v) is 13.8. The Kier molecular flexibility index (Phi) is 3.32. The molecule has 0 saturated heterocycles. The van der Waals surface area contributed by atoms with E-state index in [9.17, 15) is 0 Å². The number of rotatable bonds is 2. The summed E-state index contributed by atoms with van der Waals surface area (Å²) in [5.74, 6) is 1.62. The van der Waals surface area contributed by atoms with Crippen molar-refractivity contribution in [2.75, 3.05) is 0 Å². The first-order valence-corrected chi connectivity index (χ1v) is 8.18.